The minimum absolute atomic E-state index is 0.0383. The second-order valence-electron chi connectivity index (χ2n) is 7.37. The molecule has 1 saturated carbocycles. The molecule has 1 atom stereocenters. The SMILES string of the molecule is CC(C)(C)C(=[NH2+])SC(=N)NC(=O)[C@@H]1CCCN1C1CCCC1. The Morgan fingerprint density at radius 1 is 1.23 bits per heavy atom. The predicted octanol–water partition coefficient (Wildman–Crippen LogP) is 1.38. The molecule has 1 aliphatic heterocycles. The van der Waals surface area contributed by atoms with E-state index < -0.39 is 0 Å². The molecule has 5 nitrogen and oxygen atoms in total. The molecule has 0 unspecified atom stereocenters. The van der Waals surface area contributed by atoms with Gasteiger partial charge in [0.2, 0.25) is 11.0 Å². The second kappa shape index (κ2) is 7.13. The van der Waals surface area contributed by atoms with Crippen LogP contribution in [-0.2, 0) is 4.79 Å². The molecular weight excluding hydrogens is 296 g/mol. The molecule has 2 rings (SSSR count). The van der Waals surface area contributed by atoms with E-state index in [4.69, 9.17) is 10.8 Å². The molecule has 2 fully saturated rings. The van der Waals surface area contributed by atoms with Crippen LogP contribution in [0.2, 0.25) is 0 Å². The molecule has 1 amide bonds. The van der Waals surface area contributed by atoms with Gasteiger partial charge >= 0.3 is 0 Å². The van der Waals surface area contributed by atoms with Crippen LogP contribution in [0, 0.1) is 10.8 Å². The Kier molecular flexibility index (Phi) is 5.66. The molecule has 0 bridgehead atoms. The summed E-state index contributed by atoms with van der Waals surface area (Å²) in [7, 11) is 0. The Hall–Kier alpha value is -0.880. The maximum atomic E-state index is 12.5. The fraction of sp³-hybridized carbons (Fsp3) is 0.812. The lowest BCUT2D eigenvalue weighted by Crippen LogP contribution is -2.50. The van der Waals surface area contributed by atoms with Crippen LogP contribution in [-0.4, -0.2) is 39.6 Å². The summed E-state index contributed by atoms with van der Waals surface area (Å²) in [5, 5.41) is 17.5. The minimum Gasteiger partial charge on any atom is -0.304 e. The van der Waals surface area contributed by atoms with E-state index in [1.807, 2.05) is 20.8 Å². The van der Waals surface area contributed by atoms with Gasteiger partial charge < -0.3 is 5.32 Å². The lowest BCUT2D eigenvalue weighted by molar-refractivity contribution is -0.124. The third-order valence-corrected chi connectivity index (χ3v) is 5.72. The Labute approximate surface area is 137 Å². The van der Waals surface area contributed by atoms with Crippen LogP contribution in [0.15, 0.2) is 0 Å². The number of hydrogen-bond donors (Lipinski definition) is 3. The Bertz CT molecular complexity index is 452. The van der Waals surface area contributed by atoms with Crippen molar-refractivity contribution in [3.05, 3.63) is 0 Å². The number of carbonyl (C=O) groups is 1. The fourth-order valence-corrected chi connectivity index (χ4v) is 3.91. The molecule has 1 heterocycles. The molecule has 6 heteroatoms. The summed E-state index contributed by atoms with van der Waals surface area (Å²) in [6.07, 6.45) is 6.95. The predicted molar refractivity (Wildman–Crippen MR) is 91.8 cm³/mol. The average molecular weight is 326 g/mol. The Morgan fingerprint density at radius 3 is 2.45 bits per heavy atom. The van der Waals surface area contributed by atoms with Crippen LogP contribution in [0.25, 0.3) is 0 Å². The highest BCUT2D eigenvalue weighted by molar-refractivity contribution is 8.26. The van der Waals surface area contributed by atoms with Gasteiger partial charge in [0.05, 0.1) is 11.5 Å². The van der Waals surface area contributed by atoms with Gasteiger partial charge in [-0.1, -0.05) is 12.8 Å². The minimum atomic E-state index is -0.176. The van der Waals surface area contributed by atoms with Gasteiger partial charge in [0, 0.05) is 17.8 Å². The highest BCUT2D eigenvalue weighted by atomic mass is 32.2. The quantitative estimate of drug-likeness (QED) is 0.530. The molecule has 0 radical (unpaired) electrons. The molecule has 2 aliphatic rings. The largest absolute Gasteiger partial charge is 0.304 e. The monoisotopic (exact) mass is 325 g/mol. The maximum absolute atomic E-state index is 12.5. The highest BCUT2D eigenvalue weighted by Crippen LogP contribution is 2.30. The van der Waals surface area contributed by atoms with Crippen molar-refractivity contribution >= 4 is 27.9 Å². The third kappa shape index (κ3) is 4.32. The number of nitrogens with one attached hydrogen (secondary N) is 2. The second-order valence-corrected chi connectivity index (χ2v) is 8.42. The van der Waals surface area contributed by atoms with Gasteiger partial charge in [-0.2, -0.15) is 0 Å². The van der Waals surface area contributed by atoms with Gasteiger partial charge in [0.15, 0.2) is 5.17 Å². The highest BCUT2D eigenvalue weighted by Gasteiger charge is 2.37. The number of nitrogens with zero attached hydrogens (tertiary/aromatic N) is 1. The number of likely N-dealkylation sites (tertiary alicyclic amines) is 1. The number of rotatable bonds is 2. The number of nitrogens with two attached hydrogens (primary N) is 1. The molecule has 0 spiro atoms. The van der Waals surface area contributed by atoms with Crippen molar-refractivity contribution in [1.29, 1.82) is 5.41 Å². The van der Waals surface area contributed by atoms with Crippen molar-refractivity contribution in [3.8, 4) is 0 Å². The van der Waals surface area contributed by atoms with Crippen LogP contribution in [0.1, 0.15) is 59.3 Å². The van der Waals surface area contributed by atoms with Gasteiger partial charge in [0.1, 0.15) is 0 Å². The summed E-state index contributed by atoms with van der Waals surface area (Å²) in [5.74, 6) is -0.0383. The van der Waals surface area contributed by atoms with Crippen LogP contribution in [0.5, 0.6) is 0 Å². The topological polar surface area (TPSA) is 81.8 Å². The number of amidine groups is 1. The van der Waals surface area contributed by atoms with E-state index in [0.29, 0.717) is 11.1 Å². The third-order valence-electron chi connectivity index (χ3n) is 4.58. The molecule has 0 aromatic heterocycles. The van der Waals surface area contributed by atoms with Gasteiger partial charge in [-0.15, -0.1) is 0 Å². The zero-order chi connectivity index (χ0) is 16.3. The van der Waals surface area contributed by atoms with Crippen LogP contribution in [0.4, 0.5) is 0 Å². The molecule has 0 aromatic carbocycles. The number of carbonyl (C=O) groups excluding carboxylic acids is 1. The standard InChI is InChI=1S/C16H28N4OS/c1-16(2,3)14(17)22-15(18)19-13(21)12-9-6-10-20(12)11-7-4-5-8-11/h11-12,17H,4-10H2,1-3H3,(H2,18,19,21)/p+1/t12-/m0/s1. The van der Waals surface area contributed by atoms with Crippen LogP contribution >= 0.6 is 11.8 Å². The lowest BCUT2D eigenvalue weighted by Gasteiger charge is -2.29. The van der Waals surface area contributed by atoms with E-state index in [9.17, 15) is 4.79 Å². The summed E-state index contributed by atoms with van der Waals surface area (Å²) in [6, 6.07) is 0.492. The first kappa shape index (κ1) is 17.5. The smallest absolute Gasteiger partial charge is 0.243 e. The maximum Gasteiger partial charge on any atom is 0.243 e. The van der Waals surface area contributed by atoms with Gasteiger partial charge in [-0.25, -0.2) is 0 Å². The van der Waals surface area contributed by atoms with E-state index in [2.05, 4.69) is 10.2 Å². The molecule has 0 aromatic rings. The van der Waals surface area contributed by atoms with Crippen molar-refractivity contribution in [2.24, 2.45) is 5.41 Å². The average Bonchev–Trinajstić information content (AvgIpc) is 3.08. The van der Waals surface area contributed by atoms with E-state index in [-0.39, 0.29) is 22.5 Å². The zero-order valence-corrected chi connectivity index (χ0v) is 14.8. The molecule has 1 saturated heterocycles. The van der Waals surface area contributed by atoms with Crippen molar-refractivity contribution < 1.29 is 10.2 Å². The molecule has 124 valence electrons. The van der Waals surface area contributed by atoms with Crippen molar-refractivity contribution in [2.45, 2.75) is 71.4 Å². The lowest BCUT2D eigenvalue weighted by atomic mass is 9.99. The Morgan fingerprint density at radius 2 is 1.86 bits per heavy atom. The van der Waals surface area contributed by atoms with Gasteiger partial charge in [-0.05, 0) is 53.0 Å². The summed E-state index contributed by atoms with van der Waals surface area (Å²) >= 11 is 1.15. The molecule has 4 N–H and O–H groups in total. The van der Waals surface area contributed by atoms with Crippen molar-refractivity contribution in [1.82, 2.24) is 10.2 Å². The number of thioether (sulfide) groups is 1. The van der Waals surface area contributed by atoms with E-state index in [1.54, 1.807) is 0 Å². The molecule has 22 heavy (non-hydrogen) atoms. The van der Waals surface area contributed by atoms with Crippen LogP contribution < -0.4 is 10.7 Å². The zero-order valence-electron chi connectivity index (χ0n) is 13.9. The van der Waals surface area contributed by atoms with E-state index >= 15 is 0 Å². The first-order chi connectivity index (χ1) is 10.3. The fourth-order valence-electron chi connectivity index (χ4n) is 3.23. The van der Waals surface area contributed by atoms with E-state index in [1.165, 1.54) is 25.7 Å². The summed E-state index contributed by atoms with van der Waals surface area (Å²) in [5.41, 5.74) is -0.176. The summed E-state index contributed by atoms with van der Waals surface area (Å²) in [4.78, 5) is 14.9. The summed E-state index contributed by atoms with van der Waals surface area (Å²) < 4.78 is 0. The molecular formula is C16H29N4OS+. The summed E-state index contributed by atoms with van der Waals surface area (Å²) in [6.45, 7) is 7.02. The van der Waals surface area contributed by atoms with Crippen LogP contribution in [0.3, 0.4) is 0 Å². The van der Waals surface area contributed by atoms with E-state index in [0.717, 1.165) is 31.1 Å². The first-order valence-corrected chi connectivity index (χ1v) is 9.06. The number of hydrogen-bond acceptors (Lipinski definition) is 4. The molecule has 1 aliphatic carbocycles. The van der Waals surface area contributed by atoms with Crippen molar-refractivity contribution in [3.63, 3.8) is 0 Å². The van der Waals surface area contributed by atoms with Gasteiger partial charge in [0.25, 0.3) is 0 Å². The van der Waals surface area contributed by atoms with Gasteiger partial charge in [-0.3, -0.25) is 20.5 Å². The number of amides is 1. The Balaban J connectivity index is 1.88. The first-order valence-electron chi connectivity index (χ1n) is 8.25. The van der Waals surface area contributed by atoms with Crippen molar-refractivity contribution in [2.75, 3.05) is 6.54 Å². The normalized spacial score (nSPS) is 23.7.